The molecule has 1 unspecified atom stereocenters. The molecule has 1 atom stereocenters. The molecule has 0 radical (unpaired) electrons. The molecular formula is C20H19ClN4O2. The molecule has 138 valence electrons. The zero-order valence-electron chi connectivity index (χ0n) is 14.6. The monoisotopic (exact) mass is 382 g/mol. The number of rotatable bonds is 4. The predicted octanol–water partition coefficient (Wildman–Crippen LogP) is 3.11. The number of oxazole rings is 1. The number of nitrogens with one attached hydrogen (secondary N) is 1. The molecule has 3 heterocycles. The molecule has 1 saturated heterocycles. The van der Waals surface area contributed by atoms with Crippen LogP contribution in [-0.2, 0) is 11.2 Å². The van der Waals surface area contributed by atoms with Gasteiger partial charge >= 0.3 is 0 Å². The second-order valence-corrected chi connectivity index (χ2v) is 6.86. The Morgan fingerprint density at radius 2 is 2.15 bits per heavy atom. The maximum absolute atomic E-state index is 12.9. The van der Waals surface area contributed by atoms with Gasteiger partial charge in [-0.25, -0.2) is 4.98 Å². The van der Waals surface area contributed by atoms with Crippen molar-refractivity contribution in [3.63, 3.8) is 0 Å². The summed E-state index contributed by atoms with van der Waals surface area (Å²) in [5.41, 5.74) is 2.47. The highest BCUT2D eigenvalue weighted by molar-refractivity contribution is 6.30. The lowest BCUT2D eigenvalue weighted by Gasteiger charge is -2.36. The number of carbonyl (C=O) groups excluding carboxylic acids is 1. The Morgan fingerprint density at radius 1 is 1.30 bits per heavy atom. The van der Waals surface area contributed by atoms with Crippen molar-refractivity contribution < 1.29 is 9.21 Å². The van der Waals surface area contributed by atoms with E-state index in [9.17, 15) is 4.79 Å². The third-order valence-corrected chi connectivity index (χ3v) is 4.86. The van der Waals surface area contributed by atoms with Gasteiger partial charge in [0.1, 0.15) is 6.26 Å². The minimum Gasteiger partial charge on any atom is -0.444 e. The van der Waals surface area contributed by atoms with Gasteiger partial charge in [0.15, 0.2) is 0 Å². The number of amides is 1. The highest BCUT2D eigenvalue weighted by Gasteiger charge is 2.28. The Hall–Kier alpha value is -2.70. The van der Waals surface area contributed by atoms with E-state index in [2.05, 4.69) is 15.3 Å². The van der Waals surface area contributed by atoms with Gasteiger partial charge in [-0.1, -0.05) is 17.7 Å². The molecular weight excluding hydrogens is 364 g/mol. The Balaban J connectivity index is 1.49. The van der Waals surface area contributed by atoms with E-state index >= 15 is 0 Å². The van der Waals surface area contributed by atoms with Crippen LogP contribution in [0, 0.1) is 0 Å². The smallest absolute Gasteiger partial charge is 0.229 e. The van der Waals surface area contributed by atoms with E-state index in [4.69, 9.17) is 16.0 Å². The van der Waals surface area contributed by atoms with E-state index in [1.165, 1.54) is 0 Å². The van der Waals surface area contributed by atoms with Crippen LogP contribution in [0.1, 0.15) is 17.3 Å². The van der Waals surface area contributed by atoms with Gasteiger partial charge in [-0.15, -0.1) is 0 Å². The summed E-state index contributed by atoms with van der Waals surface area (Å²) in [6.07, 6.45) is 5.29. The number of carbonyl (C=O) groups is 1. The van der Waals surface area contributed by atoms with Crippen LogP contribution in [0.2, 0.25) is 5.02 Å². The summed E-state index contributed by atoms with van der Waals surface area (Å²) in [6, 6.07) is 11.1. The van der Waals surface area contributed by atoms with Gasteiger partial charge in [-0.05, 0) is 35.9 Å². The quantitative estimate of drug-likeness (QED) is 0.750. The molecule has 1 aliphatic heterocycles. The Kier molecular flexibility index (Phi) is 5.18. The van der Waals surface area contributed by atoms with Crippen molar-refractivity contribution in [1.29, 1.82) is 0 Å². The van der Waals surface area contributed by atoms with Gasteiger partial charge < -0.3 is 14.6 Å². The predicted molar refractivity (Wildman–Crippen MR) is 102 cm³/mol. The number of halogens is 1. The van der Waals surface area contributed by atoms with Crippen molar-refractivity contribution in [3.8, 4) is 11.5 Å². The van der Waals surface area contributed by atoms with Crippen LogP contribution in [0.25, 0.3) is 11.5 Å². The summed E-state index contributed by atoms with van der Waals surface area (Å²) in [4.78, 5) is 23.4. The van der Waals surface area contributed by atoms with Gasteiger partial charge in [0, 0.05) is 42.6 Å². The van der Waals surface area contributed by atoms with Crippen molar-refractivity contribution >= 4 is 17.5 Å². The summed E-state index contributed by atoms with van der Waals surface area (Å²) in [7, 11) is 0. The molecule has 1 N–H and O–H groups in total. The van der Waals surface area contributed by atoms with E-state index in [-0.39, 0.29) is 18.4 Å². The Bertz CT molecular complexity index is 911. The molecule has 2 aromatic heterocycles. The number of pyridine rings is 1. The van der Waals surface area contributed by atoms with Crippen LogP contribution in [-0.4, -0.2) is 40.4 Å². The summed E-state index contributed by atoms with van der Waals surface area (Å²) >= 11 is 5.91. The minimum atomic E-state index is -0.0254. The molecule has 1 aromatic carbocycles. The van der Waals surface area contributed by atoms with Gasteiger partial charge in [-0.2, -0.15) is 0 Å². The second-order valence-electron chi connectivity index (χ2n) is 6.42. The van der Waals surface area contributed by atoms with E-state index in [1.54, 1.807) is 24.6 Å². The second kappa shape index (κ2) is 7.90. The van der Waals surface area contributed by atoms with Crippen LogP contribution in [0.5, 0.6) is 0 Å². The molecule has 27 heavy (non-hydrogen) atoms. The first-order valence-electron chi connectivity index (χ1n) is 8.81. The molecule has 1 fully saturated rings. The maximum atomic E-state index is 12.9. The lowest BCUT2D eigenvalue weighted by atomic mass is 10.0. The summed E-state index contributed by atoms with van der Waals surface area (Å²) in [6.45, 7) is 2.14. The maximum Gasteiger partial charge on any atom is 0.229 e. The lowest BCUT2D eigenvalue weighted by molar-refractivity contribution is -0.133. The fourth-order valence-corrected chi connectivity index (χ4v) is 3.37. The fraction of sp³-hybridized carbons (Fsp3) is 0.250. The number of benzene rings is 1. The molecule has 0 bridgehead atoms. The third-order valence-electron chi connectivity index (χ3n) is 4.61. The molecule has 6 nitrogen and oxygen atoms in total. The average Bonchev–Trinajstić information content (AvgIpc) is 3.17. The van der Waals surface area contributed by atoms with Crippen LogP contribution < -0.4 is 5.32 Å². The first-order valence-corrected chi connectivity index (χ1v) is 9.19. The molecule has 1 aliphatic rings. The normalized spacial score (nSPS) is 17.1. The van der Waals surface area contributed by atoms with Gasteiger partial charge in [0.25, 0.3) is 0 Å². The molecule has 3 aromatic rings. The number of nitrogens with zero attached hydrogens (tertiary/aromatic N) is 3. The van der Waals surface area contributed by atoms with E-state index in [0.717, 1.165) is 17.7 Å². The minimum absolute atomic E-state index is 0.0254. The standard InChI is InChI=1S/C20H19ClN4O2/c21-16-5-3-14(4-6-16)20-24-17(13-27-20)10-19(26)25-9-8-23-12-18(25)15-2-1-7-22-11-15/h1-7,11,13,18,23H,8-10,12H2. The first-order chi connectivity index (χ1) is 13.2. The molecule has 0 spiro atoms. The first kappa shape index (κ1) is 17.7. The van der Waals surface area contributed by atoms with Crippen molar-refractivity contribution in [2.45, 2.75) is 12.5 Å². The van der Waals surface area contributed by atoms with Crippen molar-refractivity contribution in [1.82, 2.24) is 20.2 Å². The van der Waals surface area contributed by atoms with E-state index in [1.807, 2.05) is 35.4 Å². The van der Waals surface area contributed by atoms with Gasteiger partial charge in [0.2, 0.25) is 11.8 Å². The molecule has 7 heteroatoms. The van der Waals surface area contributed by atoms with Gasteiger partial charge in [0.05, 0.1) is 18.2 Å². The van der Waals surface area contributed by atoms with E-state index in [0.29, 0.717) is 29.7 Å². The zero-order valence-corrected chi connectivity index (χ0v) is 15.4. The summed E-state index contributed by atoms with van der Waals surface area (Å²) in [5, 5.41) is 4.00. The molecule has 0 saturated carbocycles. The highest BCUT2D eigenvalue weighted by atomic mass is 35.5. The topological polar surface area (TPSA) is 71.3 Å². The van der Waals surface area contributed by atoms with Crippen LogP contribution in [0.15, 0.2) is 59.5 Å². The summed E-state index contributed by atoms with van der Waals surface area (Å²) < 4.78 is 5.54. The van der Waals surface area contributed by atoms with Crippen molar-refractivity contribution in [3.05, 3.63) is 71.3 Å². The van der Waals surface area contributed by atoms with Crippen LogP contribution >= 0.6 is 11.6 Å². The van der Waals surface area contributed by atoms with Crippen LogP contribution in [0.3, 0.4) is 0 Å². The van der Waals surface area contributed by atoms with E-state index < -0.39 is 0 Å². The molecule has 0 aliphatic carbocycles. The fourth-order valence-electron chi connectivity index (χ4n) is 3.24. The van der Waals surface area contributed by atoms with Crippen LogP contribution in [0.4, 0.5) is 0 Å². The lowest BCUT2D eigenvalue weighted by Crippen LogP contribution is -2.49. The third kappa shape index (κ3) is 4.02. The zero-order chi connectivity index (χ0) is 18.6. The Labute approximate surface area is 162 Å². The number of hydrogen-bond acceptors (Lipinski definition) is 5. The molecule has 1 amide bonds. The largest absolute Gasteiger partial charge is 0.444 e. The highest BCUT2D eigenvalue weighted by Crippen LogP contribution is 2.24. The summed E-state index contributed by atoms with van der Waals surface area (Å²) in [5.74, 6) is 0.514. The van der Waals surface area contributed by atoms with Crippen molar-refractivity contribution in [2.75, 3.05) is 19.6 Å². The van der Waals surface area contributed by atoms with Gasteiger partial charge in [-0.3, -0.25) is 9.78 Å². The Morgan fingerprint density at radius 3 is 2.93 bits per heavy atom. The number of hydrogen-bond donors (Lipinski definition) is 1. The average molecular weight is 383 g/mol. The number of aromatic nitrogens is 2. The number of piperazine rings is 1. The van der Waals surface area contributed by atoms with Crippen molar-refractivity contribution in [2.24, 2.45) is 0 Å². The SMILES string of the molecule is O=C(Cc1coc(-c2ccc(Cl)cc2)n1)N1CCNCC1c1cccnc1. The molecule has 4 rings (SSSR count).